The molecule has 1 aliphatic carbocycles. The van der Waals surface area contributed by atoms with Crippen molar-refractivity contribution in [1.82, 2.24) is 0 Å². The van der Waals surface area contributed by atoms with E-state index in [4.69, 9.17) is 6.42 Å². The third kappa shape index (κ3) is 3.04. The zero-order valence-electron chi connectivity index (χ0n) is 8.02. The molecule has 0 saturated carbocycles. The highest BCUT2D eigenvalue weighted by Crippen LogP contribution is 2.30. The molecule has 1 rings (SSSR count). The number of halogens is 1. The van der Waals surface area contributed by atoms with Crippen LogP contribution < -0.4 is 0 Å². The van der Waals surface area contributed by atoms with E-state index in [9.17, 15) is 0 Å². The van der Waals surface area contributed by atoms with E-state index in [1.807, 2.05) is 0 Å². The van der Waals surface area contributed by atoms with Crippen LogP contribution in [0, 0.1) is 12.3 Å². The molecule has 0 spiro atoms. The third-order valence-electron chi connectivity index (χ3n) is 2.28. The van der Waals surface area contributed by atoms with E-state index >= 15 is 0 Å². The van der Waals surface area contributed by atoms with Gasteiger partial charge >= 0.3 is 0 Å². The molecule has 0 aromatic rings. The fourth-order valence-electron chi connectivity index (χ4n) is 1.33. The van der Waals surface area contributed by atoms with Gasteiger partial charge in [0.15, 0.2) is 0 Å². The van der Waals surface area contributed by atoms with E-state index in [0.717, 1.165) is 6.42 Å². The molecule has 0 aromatic carbocycles. The summed E-state index contributed by atoms with van der Waals surface area (Å²) in [5, 5.41) is 0. The monoisotopic (exact) mass is 238 g/mol. The SMILES string of the molecule is C#CC1(Br)C=CC(CCCC)=CC1. The maximum Gasteiger partial charge on any atom is 0.108 e. The zero-order valence-corrected chi connectivity index (χ0v) is 9.60. The number of hydrogen-bond acceptors (Lipinski definition) is 0. The zero-order chi connectivity index (χ0) is 9.73. The molecule has 0 aromatic heterocycles. The Labute approximate surface area is 89.2 Å². The van der Waals surface area contributed by atoms with E-state index in [-0.39, 0.29) is 4.32 Å². The Morgan fingerprint density at radius 1 is 1.69 bits per heavy atom. The van der Waals surface area contributed by atoms with Gasteiger partial charge in [-0.15, -0.1) is 6.42 Å². The first-order valence-corrected chi connectivity index (χ1v) is 5.54. The molecule has 0 aliphatic heterocycles. The summed E-state index contributed by atoms with van der Waals surface area (Å²) in [6, 6.07) is 0. The molecular weight excluding hydrogens is 224 g/mol. The van der Waals surface area contributed by atoms with E-state index in [1.54, 1.807) is 0 Å². The first-order chi connectivity index (χ1) is 6.20. The van der Waals surface area contributed by atoms with Crippen molar-refractivity contribution in [3.8, 4) is 12.3 Å². The third-order valence-corrected chi connectivity index (χ3v) is 3.10. The van der Waals surface area contributed by atoms with Crippen LogP contribution >= 0.6 is 15.9 Å². The molecule has 0 amide bonds. The molecule has 0 N–H and O–H groups in total. The van der Waals surface area contributed by atoms with Crippen LogP contribution in [0.25, 0.3) is 0 Å². The number of rotatable bonds is 3. The average molecular weight is 239 g/mol. The highest BCUT2D eigenvalue weighted by molar-refractivity contribution is 9.10. The topological polar surface area (TPSA) is 0 Å². The lowest BCUT2D eigenvalue weighted by molar-refractivity contribution is 0.783. The van der Waals surface area contributed by atoms with Crippen LogP contribution in [0.4, 0.5) is 0 Å². The first-order valence-electron chi connectivity index (χ1n) is 4.75. The summed E-state index contributed by atoms with van der Waals surface area (Å²) in [5.74, 6) is 2.74. The fourth-order valence-corrected chi connectivity index (χ4v) is 1.62. The minimum Gasteiger partial charge on any atom is -0.118 e. The number of hydrogen-bond donors (Lipinski definition) is 0. The van der Waals surface area contributed by atoms with Gasteiger partial charge in [0.1, 0.15) is 4.32 Å². The molecule has 1 atom stereocenters. The highest BCUT2D eigenvalue weighted by atomic mass is 79.9. The quantitative estimate of drug-likeness (QED) is 0.518. The summed E-state index contributed by atoms with van der Waals surface area (Å²) in [4.78, 5) is 0. The van der Waals surface area contributed by atoms with Crippen molar-refractivity contribution in [2.24, 2.45) is 0 Å². The average Bonchev–Trinajstić information content (AvgIpc) is 2.17. The standard InChI is InChI=1S/C12H15Br/c1-3-5-6-11-7-9-12(13,4-2)10-8-11/h2,7-9H,3,5-6,10H2,1H3. The van der Waals surface area contributed by atoms with Gasteiger partial charge in [0, 0.05) is 0 Å². The van der Waals surface area contributed by atoms with Crippen LogP contribution in [0.15, 0.2) is 23.8 Å². The minimum atomic E-state index is -0.220. The van der Waals surface area contributed by atoms with Gasteiger partial charge in [-0.05, 0) is 19.3 Å². The Morgan fingerprint density at radius 3 is 2.92 bits per heavy atom. The van der Waals surface area contributed by atoms with E-state index in [1.165, 1.54) is 24.8 Å². The summed E-state index contributed by atoms with van der Waals surface area (Å²) in [6.45, 7) is 2.21. The second-order valence-corrected chi connectivity index (χ2v) is 4.84. The van der Waals surface area contributed by atoms with Crippen LogP contribution in [0.3, 0.4) is 0 Å². The fraction of sp³-hybridized carbons (Fsp3) is 0.500. The first kappa shape index (κ1) is 10.6. The van der Waals surface area contributed by atoms with Gasteiger partial charge in [-0.2, -0.15) is 0 Å². The molecule has 0 bridgehead atoms. The van der Waals surface area contributed by atoms with Crippen molar-refractivity contribution in [3.63, 3.8) is 0 Å². The van der Waals surface area contributed by atoms with Crippen LogP contribution in [-0.2, 0) is 0 Å². The molecule has 1 aliphatic rings. The maximum atomic E-state index is 5.41. The molecule has 0 radical (unpaired) electrons. The van der Waals surface area contributed by atoms with Crippen molar-refractivity contribution in [3.05, 3.63) is 23.8 Å². The smallest absolute Gasteiger partial charge is 0.108 e. The molecule has 0 saturated heterocycles. The van der Waals surface area contributed by atoms with Crippen LogP contribution in [0.5, 0.6) is 0 Å². The van der Waals surface area contributed by atoms with Gasteiger partial charge in [-0.1, -0.05) is 59.0 Å². The Bertz CT molecular complexity index is 267. The van der Waals surface area contributed by atoms with Gasteiger partial charge in [0.2, 0.25) is 0 Å². The summed E-state index contributed by atoms with van der Waals surface area (Å²) in [7, 11) is 0. The van der Waals surface area contributed by atoms with Crippen molar-refractivity contribution in [2.45, 2.75) is 36.9 Å². The Hall–Kier alpha value is -0.480. The van der Waals surface area contributed by atoms with E-state index in [2.05, 4.69) is 47.0 Å². The van der Waals surface area contributed by atoms with Gasteiger partial charge in [-0.25, -0.2) is 0 Å². The predicted octanol–water partition coefficient (Wildman–Crippen LogP) is 3.83. The molecule has 13 heavy (non-hydrogen) atoms. The maximum absolute atomic E-state index is 5.41. The number of terminal acetylenes is 1. The largest absolute Gasteiger partial charge is 0.118 e. The summed E-state index contributed by atoms with van der Waals surface area (Å²) < 4.78 is -0.220. The van der Waals surface area contributed by atoms with E-state index < -0.39 is 0 Å². The number of allylic oxidation sites excluding steroid dienone is 4. The van der Waals surface area contributed by atoms with Crippen LogP contribution in [0.1, 0.15) is 32.6 Å². The normalized spacial score (nSPS) is 26.7. The Balaban J connectivity index is 2.51. The minimum absolute atomic E-state index is 0.220. The predicted molar refractivity (Wildman–Crippen MR) is 61.9 cm³/mol. The van der Waals surface area contributed by atoms with Crippen LogP contribution in [0.2, 0.25) is 0 Å². The van der Waals surface area contributed by atoms with Crippen molar-refractivity contribution in [2.75, 3.05) is 0 Å². The van der Waals surface area contributed by atoms with E-state index in [0.29, 0.717) is 0 Å². The second-order valence-electron chi connectivity index (χ2n) is 3.43. The summed E-state index contributed by atoms with van der Waals surface area (Å²) in [6.07, 6.45) is 16.5. The highest BCUT2D eigenvalue weighted by Gasteiger charge is 2.20. The second kappa shape index (κ2) is 4.67. The molecule has 70 valence electrons. The molecule has 1 heteroatoms. The summed E-state index contributed by atoms with van der Waals surface area (Å²) in [5.41, 5.74) is 1.42. The van der Waals surface area contributed by atoms with Crippen molar-refractivity contribution < 1.29 is 0 Å². The molecule has 0 heterocycles. The van der Waals surface area contributed by atoms with Crippen molar-refractivity contribution in [1.29, 1.82) is 0 Å². The number of alkyl halides is 1. The van der Waals surface area contributed by atoms with Gasteiger partial charge in [-0.3, -0.25) is 0 Å². The molecule has 1 unspecified atom stereocenters. The van der Waals surface area contributed by atoms with Gasteiger partial charge in [0.05, 0.1) is 0 Å². The Kier molecular flexibility index (Phi) is 3.81. The number of unbranched alkanes of at least 4 members (excludes halogenated alkanes) is 1. The lowest BCUT2D eigenvalue weighted by Crippen LogP contribution is -2.15. The van der Waals surface area contributed by atoms with Gasteiger partial charge < -0.3 is 0 Å². The lowest BCUT2D eigenvalue weighted by Gasteiger charge is -2.19. The van der Waals surface area contributed by atoms with Crippen LogP contribution in [-0.4, -0.2) is 4.32 Å². The lowest BCUT2D eigenvalue weighted by atomic mass is 9.95. The van der Waals surface area contributed by atoms with Crippen molar-refractivity contribution >= 4 is 15.9 Å². The summed E-state index contributed by atoms with van der Waals surface area (Å²) >= 11 is 3.52. The molecule has 0 fully saturated rings. The van der Waals surface area contributed by atoms with Gasteiger partial charge in [0.25, 0.3) is 0 Å². The molecule has 0 nitrogen and oxygen atoms in total. The Morgan fingerprint density at radius 2 is 2.46 bits per heavy atom. The molecular formula is C12H15Br.